The van der Waals surface area contributed by atoms with Crippen LogP contribution < -0.4 is 4.90 Å². The molecule has 0 amide bonds. The fourth-order valence-electron chi connectivity index (χ4n) is 4.48. The van der Waals surface area contributed by atoms with Crippen molar-refractivity contribution in [1.82, 2.24) is 9.55 Å². The Morgan fingerprint density at radius 2 is 1.72 bits per heavy atom. The number of anilines is 1. The highest BCUT2D eigenvalue weighted by atomic mass is 19.1. The lowest BCUT2D eigenvalue weighted by Crippen LogP contribution is -2.31. The van der Waals surface area contributed by atoms with Crippen molar-refractivity contribution in [2.75, 3.05) is 11.4 Å². The fourth-order valence-corrected chi connectivity index (χ4v) is 4.48. The highest BCUT2D eigenvalue weighted by Gasteiger charge is 2.22. The third kappa shape index (κ3) is 3.09. The second-order valence-electron chi connectivity index (χ2n) is 7.89. The average molecular weight is 385 g/mol. The van der Waals surface area contributed by atoms with Crippen molar-refractivity contribution in [3.05, 3.63) is 94.6 Å². The number of hydrogen-bond donors (Lipinski definition) is 0. The Hall–Kier alpha value is -3.14. The smallest absolute Gasteiger partial charge is 0.138 e. The van der Waals surface area contributed by atoms with Crippen LogP contribution in [0, 0.1) is 19.7 Å². The molecule has 0 atom stereocenters. The summed E-state index contributed by atoms with van der Waals surface area (Å²) in [5, 5.41) is 1.23. The van der Waals surface area contributed by atoms with Gasteiger partial charge in [-0.3, -0.25) is 0 Å². The molecule has 29 heavy (non-hydrogen) atoms. The quantitative estimate of drug-likeness (QED) is 0.471. The van der Waals surface area contributed by atoms with E-state index in [0.717, 1.165) is 37.4 Å². The van der Waals surface area contributed by atoms with Gasteiger partial charge in [-0.05, 0) is 60.7 Å². The van der Waals surface area contributed by atoms with Gasteiger partial charge >= 0.3 is 0 Å². The molecular weight excluding hydrogens is 361 g/mol. The lowest BCUT2D eigenvalue weighted by atomic mass is 9.99. The molecule has 2 aromatic heterocycles. The first kappa shape index (κ1) is 17.9. The van der Waals surface area contributed by atoms with Crippen LogP contribution in [0.2, 0.25) is 0 Å². The van der Waals surface area contributed by atoms with Crippen molar-refractivity contribution < 1.29 is 4.39 Å². The van der Waals surface area contributed by atoms with E-state index in [0.29, 0.717) is 0 Å². The predicted octanol–water partition coefficient (Wildman–Crippen LogP) is 5.40. The van der Waals surface area contributed by atoms with Crippen LogP contribution in [0.3, 0.4) is 0 Å². The summed E-state index contributed by atoms with van der Waals surface area (Å²) >= 11 is 0. The number of pyridine rings is 1. The third-order valence-corrected chi connectivity index (χ3v) is 6.21. The van der Waals surface area contributed by atoms with Crippen molar-refractivity contribution in [1.29, 1.82) is 0 Å². The highest BCUT2D eigenvalue weighted by molar-refractivity contribution is 5.95. The minimum Gasteiger partial charge on any atom is -0.351 e. The van der Waals surface area contributed by atoms with Crippen molar-refractivity contribution in [3.8, 4) is 0 Å². The van der Waals surface area contributed by atoms with Gasteiger partial charge in [-0.15, -0.1) is 0 Å². The van der Waals surface area contributed by atoms with Crippen molar-refractivity contribution >= 4 is 16.7 Å². The van der Waals surface area contributed by atoms with Gasteiger partial charge in [0.15, 0.2) is 0 Å². The number of aromatic nitrogens is 2. The highest BCUT2D eigenvalue weighted by Crippen LogP contribution is 2.34. The van der Waals surface area contributed by atoms with Crippen molar-refractivity contribution in [2.45, 2.75) is 33.4 Å². The van der Waals surface area contributed by atoms with E-state index in [2.05, 4.69) is 53.6 Å². The van der Waals surface area contributed by atoms with Crippen molar-refractivity contribution in [3.63, 3.8) is 0 Å². The van der Waals surface area contributed by atoms with Crippen molar-refractivity contribution in [2.24, 2.45) is 0 Å². The van der Waals surface area contributed by atoms with Crippen LogP contribution in [-0.2, 0) is 19.5 Å². The van der Waals surface area contributed by atoms with E-state index in [-0.39, 0.29) is 5.82 Å². The van der Waals surface area contributed by atoms with E-state index in [1.54, 1.807) is 0 Å². The predicted molar refractivity (Wildman–Crippen MR) is 116 cm³/mol. The summed E-state index contributed by atoms with van der Waals surface area (Å²) in [7, 11) is 0. The number of fused-ring (bicyclic) bond motifs is 2. The number of halogens is 1. The number of nitrogens with zero attached hydrogens (tertiary/aromatic N) is 3. The Morgan fingerprint density at radius 3 is 2.52 bits per heavy atom. The maximum absolute atomic E-state index is 13.3. The zero-order valence-electron chi connectivity index (χ0n) is 16.8. The first-order valence-corrected chi connectivity index (χ1v) is 10.1. The van der Waals surface area contributed by atoms with E-state index in [1.807, 2.05) is 18.3 Å². The molecule has 3 nitrogen and oxygen atoms in total. The van der Waals surface area contributed by atoms with Crippen LogP contribution in [0.25, 0.3) is 10.9 Å². The zero-order valence-corrected chi connectivity index (χ0v) is 16.8. The zero-order chi connectivity index (χ0) is 20.0. The summed E-state index contributed by atoms with van der Waals surface area (Å²) in [5.41, 5.74) is 7.61. The molecule has 0 N–H and O–H groups in total. The van der Waals surface area contributed by atoms with Gasteiger partial charge in [0.05, 0.1) is 5.52 Å². The van der Waals surface area contributed by atoms with Gasteiger partial charge in [0.1, 0.15) is 11.6 Å². The monoisotopic (exact) mass is 385 g/mol. The number of hydrogen-bond acceptors (Lipinski definition) is 2. The minimum absolute atomic E-state index is 0.198. The maximum atomic E-state index is 13.3. The molecule has 4 heteroatoms. The molecule has 146 valence electrons. The van der Waals surface area contributed by atoms with Gasteiger partial charge in [-0.2, -0.15) is 0 Å². The summed E-state index contributed by atoms with van der Waals surface area (Å²) in [4.78, 5) is 7.20. The molecule has 0 fully saturated rings. The first-order valence-electron chi connectivity index (χ1n) is 10.1. The largest absolute Gasteiger partial charge is 0.351 e. The number of rotatable bonds is 3. The lowest BCUT2D eigenvalue weighted by Gasteiger charge is -2.30. The molecule has 1 aliphatic heterocycles. The second kappa shape index (κ2) is 7.03. The van der Waals surface area contributed by atoms with E-state index in [9.17, 15) is 4.39 Å². The lowest BCUT2D eigenvalue weighted by molar-refractivity contribution is 0.626. The van der Waals surface area contributed by atoms with Crippen LogP contribution in [0.5, 0.6) is 0 Å². The van der Waals surface area contributed by atoms with Crippen LogP contribution >= 0.6 is 0 Å². The minimum atomic E-state index is -0.198. The molecule has 0 spiro atoms. The second-order valence-corrected chi connectivity index (χ2v) is 7.89. The van der Waals surface area contributed by atoms with Gasteiger partial charge in [-0.1, -0.05) is 36.4 Å². The number of aryl methyl sites for hydroxylation is 1. The van der Waals surface area contributed by atoms with E-state index in [1.165, 1.54) is 45.4 Å². The molecule has 1 aliphatic rings. The normalized spacial score (nSPS) is 13.7. The molecule has 2 aromatic carbocycles. The van der Waals surface area contributed by atoms with Crippen LogP contribution in [-0.4, -0.2) is 16.1 Å². The molecular formula is C25H24FN3. The Balaban J connectivity index is 1.57. The SMILES string of the molecule is Cc1c(C)n(Cc2ccc(F)cc2)c2ccnc(N3CCc4ccccc4C3)c12. The summed E-state index contributed by atoms with van der Waals surface area (Å²) < 4.78 is 15.6. The summed E-state index contributed by atoms with van der Waals surface area (Å²) in [5.74, 6) is 0.867. The molecule has 5 rings (SSSR count). The topological polar surface area (TPSA) is 21.1 Å². The summed E-state index contributed by atoms with van der Waals surface area (Å²) in [6.45, 7) is 6.94. The van der Waals surface area contributed by atoms with Crippen LogP contribution in [0.4, 0.5) is 10.2 Å². The molecule has 3 heterocycles. The maximum Gasteiger partial charge on any atom is 0.138 e. The van der Waals surface area contributed by atoms with E-state index >= 15 is 0 Å². The van der Waals surface area contributed by atoms with Gasteiger partial charge in [-0.25, -0.2) is 9.37 Å². The molecule has 4 aromatic rings. The molecule has 0 radical (unpaired) electrons. The molecule has 0 saturated carbocycles. The van der Waals surface area contributed by atoms with Crippen LogP contribution in [0.15, 0.2) is 60.8 Å². The van der Waals surface area contributed by atoms with Gasteiger partial charge in [0.25, 0.3) is 0 Å². The standard InChI is InChI=1S/C25H24FN3/c1-17-18(2)29(15-19-7-9-22(26)10-8-19)23-11-13-27-25(24(17)23)28-14-12-20-5-3-4-6-21(20)16-28/h3-11,13H,12,14-16H2,1-2H3. The van der Waals surface area contributed by atoms with Crippen LogP contribution in [0.1, 0.15) is 27.9 Å². The molecule has 0 aliphatic carbocycles. The molecule has 0 saturated heterocycles. The Kier molecular flexibility index (Phi) is 4.35. The Morgan fingerprint density at radius 1 is 0.966 bits per heavy atom. The summed E-state index contributed by atoms with van der Waals surface area (Å²) in [6, 6.07) is 17.6. The van der Waals surface area contributed by atoms with E-state index in [4.69, 9.17) is 4.98 Å². The third-order valence-electron chi connectivity index (χ3n) is 6.21. The van der Waals surface area contributed by atoms with Gasteiger partial charge < -0.3 is 9.47 Å². The van der Waals surface area contributed by atoms with Gasteiger partial charge in [0, 0.05) is 36.9 Å². The van der Waals surface area contributed by atoms with E-state index < -0.39 is 0 Å². The van der Waals surface area contributed by atoms with Gasteiger partial charge in [0.2, 0.25) is 0 Å². The number of benzene rings is 2. The Bertz CT molecular complexity index is 1190. The molecule has 0 unspecified atom stereocenters. The summed E-state index contributed by atoms with van der Waals surface area (Å²) in [6.07, 6.45) is 2.96. The fraction of sp³-hybridized carbons (Fsp3) is 0.240. The Labute approximate surface area is 170 Å². The average Bonchev–Trinajstić information content (AvgIpc) is 3.00. The first-order chi connectivity index (χ1) is 14.1. The molecule has 0 bridgehead atoms.